The highest BCUT2D eigenvalue weighted by Gasteiger charge is 2.33. The van der Waals surface area contributed by atoms with Crippen molar-refractivity contribution in [1.29, 1.82) is 0 Å². The third-order valence-corrected chi connectivity index (χ3v) is 3.41. The predicted molar refractivity (Wildman–Crippen MR) is 67.1 cm³/mol. The van der Waals surface area contributed by atoms with E-state index in [2.05, 4.69) is 26.9 Å². The third-order valence-electron chi connectivity index (χ3n) is 2.78. The van der Waals surface area contributed by atoms with Crippen LogP contribution in [0.5, 0.6) is 0 Å². The number of fused-ring (bicyclic) bond motifs is 6. The molecule has 2 aliphatic heterocycles. The molecule has 1 aromatic carbocycles. The number of nitrogens with zero attached hydrogens (tertiary/aromatic N) is 5. The lowest BCUT2D eigenvalue weighted by atomic mass is 10.0. The van der Waals surface area contributed by atoms with Crippen molar-refractivity contribution < 1.29 is 0 Å². The van der Waals surface area contributed by atoms with Crippen LogP contribution < -0.4 is 9.53 Å². The fraction of sp³-hybridized carbons (Fsp3) is 0. The Kier molecular flexibility index (Phi) is 1.70. The molecule has 2 aliphatic rings. The first-order valence-electron chi connectivity index (χ1n) is 5.18. The molecule has 0 saturated carbocycles. The smallest absolute Gasteiger partial charge is 0.170 e. The molecule has 0 fully saturated rings. The van der Waals surface area contributed by atoms with E-state index < -0.39 is 0 Å². The van der Waals surface area contributed by atoms with Crippen LogP contribution in [0.3, 0.4) is 0 Å². The van der Waals surface area contributed by atoms with Crippen LogP contribution in [0.2, 0.25) is 0 Å². The van der Waals surface area contributed by atoms with Gasteiger partial charge in [-0.05, 0) is 23.4 Å². The van der Waals surface area contributed by atoms with Gasteiger partial charge in [0.1, 0.15) is 12.1 Å². The molecular formula is C11H7N5S. The van der Waals surface area contributed by atoms with Crippen molar-refractivity contribution in [2.45, 2.75) is 0 Å². The highest BCUT2D eigenvalue weighted by atomic mass is 32.2. The number of benzene rings is 1. The van der Waals surface area contributed by atoms with Crippen LogP contribution in [-0.4, -0.2) is 4.98 Å². The van der Waals surface area contributed by atoms with E-state index in [1.54, 1.807) is 11.3 Å². The summed E-state index contributed by atoms with van der Waals surface area (Å²) < 4.78 is 5.87. The summed E-state index contributed by atoms with van der Waals surface area (Å²) in [6.07, 6.45) is 1.78. The Morgan fingerprint density at radius 2 is 1.88 bits per heavy atom. The van der Waals surface area contributed by atoms with Gasteiger partial charge in [0.2, 0.25) is 0 Å². The first kappa shape index (κ1) is 9.00. The maximum atomic E-state index is 4.40. The summed E-state index contributed by atoms with van der Waals surface area (Å²) >= 11 is 1.29. The zero-order valence-corrected chi connectivity index (χ0v) is 9.50. The fourth-order valence-corrected chi connectivity index (χ4v) is 2.65. The molecule has 0 spiro atoms. The Balaban J connectivity index is 2.06. The fourth-order valence-electron chi connectivity index (χ4n) is 2.07. The molecule has 6 heteroatoms. The summed E-state index contributed by atoms with van der Waals surface area (Å²) in [7, 11) is 0. The van der Waals surface area contributed by atoms with Crippen molar-refractivity contribution in [3.05, 3.63) is 42.6 Å². The third kappa shape index (κ3) is 1.13. The van der Waals surface area contributed by atoms with Crippen molar-refractivity contribution in [1.82, 2.24) is 4.98 Å². The number of aromatic nitrogens is 1. The van der Waals surface area contributed by atoms with Gasteiger partial charge in [-0.1, -0.05) is 22.7 Å². The lowest BCUT2D eigenvalue weighted by Crippen LogP contribution is -2.33. The minimum Gasteiger partial charge on any atom is -0.236 e. The largest absolute Gasteiger partial charge is 0.236 e. The standard InChI is InChI=1S/C11H7N5S/c1-2-6-10-8(4-1)9-5-3-7-12-11(9)16-15(10)13-14-17-16/h1-7H. The normalized spacial score (nSPS) is 15.5. The minimum absolute atomic E-state index is 0.876. The number of hydrogen-bond donors (Lipinski definition) is 0. The number of pyridine rings is 1. The highest BCUT2D eigenvalue weighted by Crippen LogP contribution is 2.47. The first-order valence-corrected chi connectivity index (χ1v) is 5.91. The molecule has 0 atom stereocenters. The monoisotopic (exact) mass is 241 g/mol. The Bertz CT molecular complexity index is 627. The summed E-state index contributed by atoms with van der Waals surface area (Å²) in [6, 6.07) is 12.1. The molecule has 1 aromatic heterocycles. The van der Waals surface area contributed by atoms with Crippen LogP contribution in [-0.2, 0) is 0 Å². The number of hydrogen-bond acceptors (Lipinski definition) is 6. The van der Waals surface area contributed by atoms with E-state index >= 15 is 0 Å². The van der Waals surface area contributed by atoms with E-state index in [0.717, 1.165) is 22.6 Å². The van der Waals surface area contributed by atoms with Gasteiger partial charge in [-0.25, -0.2) is 4.98 Å². The molecule has 2 aromatic rings. The van der Waals surface area contributed by atoms with Crippen molar-refractivity contribution in [3.63, 3.8) is 0 Å². The van der Waals surface area contributed by atoms with Crippen molar-refractivity contribution in [2.24, 2.45) is 9.74 Å². The Labute approximate surface area is 102 Å². The van der Waals surface area contributed by atoms with Crippen molar-refractivity contribution in [3.8, 4) is 11.1 Å². The molecule has 3 heterocycles. The van der Waals surface area contributed by atoms with Gasteiger partial charge >= 0.3 is 0 Å². The topological polar surface area (TPSA) is 44.1 Å². The Morgan fingerprint density at radius 1 is 1.00 bits per heavy atom. The first-order chi connectivity index (χ1) is 8.45. The van der Waals surface area contributed by atoms with Gasteiger partial charge in [-0.15, -0.1) is 5.12 Å². The van der Waals surface area contributed by atoms with E-state index in [-0.39, 0.29) is 0 Å². The summed E-state index contributed by atoms with van der Waals surface area (Å²) in [5, 5.41) is 5.88. The van der Waals surface area contributed by atoms with Gasteiger partial charge in [-0.2, -0.15) is 4.41 Å². The molecule has 0 N–H and O–H groups in total. The Hall–Kier alpha value is -2.08. The lowest BCUT2D eigenvalue weighted by Gasteiger charge is -2.31. The number of anilines is 2. The molecule has 82 valence electrons. The second-order valence-electron chi connectivity index (χ2n) is 3.71. The van der Waals surface area contributed by atoms with Crippen LogP contribution >= 0.6 is 12.1 Å². The van der Waals surface area contributed by atoms with E-state index in [0.29, 0.717) is 0 Å². The lowest BCUT2D eigenvalue weighted by molar-refractivity contribution is 0.888. The molecular weight excluding hydrogens is 234 g/mol. The van der Waals surface area contributed by atoms with Gasteiger partial charge < -0.3 is 0 Å². The molecule has 0 bridgehead atoms. The molecule has 4 rings (SSSR count). The average Bonchev–Trinajstić information content (AvgIpc) is 2.89. The molecule has 17 heavy (non-hydrogen) atoms. The van der Waals surface area contributed by atoms with Gasteiger partial charge in [0.15, 0.2) is 5.82 Å². The molecule has 0 saturated heterocycles. The summed E-state index contributed by atoms with van der Waals surface area (Å²) in [5.41, 5.74) is 3.27. The molecule has 0 radical (unpaired) electrons. The van der Waals surface area contributed by atoms with Crippen molar-refractivity contribution in [2.75, 3.05) is 9.53 Å². The summed E-state index contributed by atoms with van der Waals surface area (Å²) in [6.45, 7) is 0. The predicted octanol–water partition coefficient (Wildman–Crippen LogP) is 3.23. The van der Waals surface area contributed by atoms with Crippen LogP contribution in [0.1, 0.15) is 0 Å². The molecule has 5 nitrogen and oxygen atoms in total. The van der Waals surface area contributed by atoms with E-state index in [4.69, 9.17) is 0 Å². The quantitative estimate of drug-likeness (QED) is 0.664. The zero-order chi connectivity index (χ0) is 11.2. The number of rotatable bonds is 0. The van der Waals surface area contributed by atoms with Crippen LogP contribution in [0, 0.1) is 0 Å². The van der Waals surface area contributed by atoms with E-state index in [9.17, 15) is 0 Å². The van der Waals surface area contributed by atoms with Gasteiger partial charge in [0, 0.05) is 17.3 Å². The van der Waals surface area contributed by atoms with Gasteiger partial charge in [0.25, 0.3) is 0 Å². The summed E-state index contributed by atoms with van der Waals surface area (Å²) in [4.78, 5) is 4.40. The second-order valence-corrected chi connectivity index (χ2v) is 4.38. The Morgan fingerprint density at radius 3 is 2.88 bits per heavy atom. The molecule has 0 amide bonds. The number of para-hydroxylation sites is 1. The zero-order valence-electron chi connectivity index (χ0n) is 8.69. The molecule has 0 unspecified atom stereocenters. The SMILES string of the molecule is c1ccc2c(c1)-c1cccnc1N1SN=NN21. The van der Waals surface area contributed by atoms with Crippen LogP contribution in [0.25, 0.3) is 11.1 Å². The summed E-state index contributed by atoms with van der Waals surface area (Å²) in [5.74, 6) is 0.876. The highest BCUT2D eigenvalue weighted by molar-refractivity contribution is 7.99. The maximum Gasteiger partial charge on any atom is 0.170 e. The van der Waals surface area contributed by atoms with Crippen LogP contribution in [0.15, 0.2) is 52.3 Å². The average molecular weight is 241 g/mol. The molecule has 0 aliphatic carbocycles. The van der Waals surface area contributed by atoms with Crippen LogP contribution in [0.4, 0.5) is 11.5 Å². The number of hydrazine groups is 1. The maximum absolute atomic E-state index is 4.40. The van der Waals surface area contributed by atoms with E-state index in [1.165, 1.54) is 12.1 Å². The minimum atomic E-state index is 0.876. The van der Waals surface area contributed by atoms with E-state index in [1.807, 2.05) is 28.7 Å². The second kappa shape index (κ2) is 3.21. The van der Waals surface area contributed by atoms with Crippen molar-refractivity contribution >= 4 is 23.6 Å². The van der Waals surface area contributed by atoms with Gasteiger partial charge in [0.05, 0.1) is 5.69 Å². The van der Waals surface area contributed by atoms with Gasteiger partial charge in [-0.3, -0.25) is 0 Å².